The molecule has 158 valence electrons. The molecule has 4 bridgehead atoms. The lowest BCUT2D eigenvalue weighted by Crippen LogP contribution is -2.50. The van der Waals surface area contributed by atoms with Crippen molar-refractivity contribution in [1.82, 2.24) is 14.4 Å². The largest absolute Gasteiger partial charge is 0.375 e. The SMILES string of the molecule is O=C(Cc1cccs1)N1C[C@@H]2C[C@H](C1)c1ccc(CN3C[C@H]4C[C@@H]3CO4)c(=O)n1C2. The minimum Gasteiger partial charge on any atom is -0.375 e. The second-order valence-corrected chi connectivity index (χ2v) is 10.4. The number of hydrogen-bond donors (Lipinski definition) is 0. The van der Waals surface area contributed by atoms with Crippen molar-refractivity contribution in [2.24, 2.45) is 5.92 Å². The zero-order chi connectivity index (χ0) is 20.2. The molecule has 3 saturated heterocycles. The van der Waals surface area contributed by atoms with Crippen LogP contribution in [0.2, 0.25) is 0 Å². The van der Waals surface area contributed by atoms with Gasteiger partial charge in [-0.3, -0.25) is 14.5 Å². The van der Waals surface area contributed by atoms with Crippen LogP contribution in [0.15, 0.2) is 34.4 Å². The lowest BCUT2D eigenvalue weighted by Gasteiger charge is -2.43. The Morgan fingerprint density at radius 1 is 1.13 bits per heavy atom. The number of piperidine rings is 1. The molecule has 6 heterocycles. The van der Waals surface area contributed by atoms with Crippen LogP contribution in [0.1, 0.15) is 34.9 Å². The molecule has 0 saturated carbocycles. The van der Waals surface area contributed by atoms with Gasteiger partial charge in [-0.25, -0.2) is 0 Å². The van der Waals surface area contributed by atoms with E-state index >= 15 is 0 Å². The summed E-state index contributed by atoms with van der Waals surface area (Å²) < 4.78 is 7.71. The molecule has 0 unspecified atom stereocenters. The van der Waals surface area contributed by atoms with Gasteiger partial charge in [0.25, 0.3) is 5.56 Å². The maximum Gasteiger partial charge on any atom is 0.255 e. The molecule has 7 heteroatoms. The normalized spacial score (nSPS) is 29.9. The van der Waals surface area contributed by atoms with Gasteiger partial charge in [-0.05, 0) is 36.3 Å². The van der Waals surface area contributed by atoms with Crippen molar-refractivity contribution in [1.29, 1.82) is 0 Å². The van der Waals surface area contributed by atoms with Crippen LogP contribution in [0.25, 0.3) is 0 Å². The van der Waals surface area contributed by atoms with Crippen LogP contribution in [0.5, 0.6) is 0 Å². The number of fused-ring (bicyclic) bond motifs is 6. The van der Waals surface area contributed by atoms with E-state index in [0.717, 1.165) is 68.3 Å². The van der Waals surface area contributed by atoms with Gasteiger partial charge in [0.15, 0.2) is 0 Å². The van der Waals surface area contributed by atoms with Crippen molar-refractivity contribution in [2.45, 2.75) is 50.4 Å². The van der Waals surface area contributed by atoms with E-state index in [1.807, 2.05) is 33.0 Å². The number of ether oxygens (including phenoxy) is 1. The molecule has 1 amide bonds. The maximum atomic E-state index is 13.3. The van der Waals surface area contributed by atoms with Crippen molar-refractivity contribution in [3.8, 4) is 0 Å². The molecule has 4 aliphatic heterocycles. The van der Waals surface area contributed by atoms with Gasteiger partial charge in [-0.1, -0.05) is 12.1 Å². The lowest BCUT2D eigenvalue weighted by atomic mass is 9.82. The number of hydrogen-bond acceptors (Lipinski definition) is 5. The van der Waals surface area contributed by atoms with Gasteiger partial charge in [-0.2, -0.15) is 0 Å². The van der Waals surface area contributed by atoms with Crippen LogP contribution in [0.3, 0.4) is 0 Å². The Morgan fingerprint density at radius 2 is 2.07 bits per heavy atom. The number of morpholine rings is 1. The molecule has 6 nitrogen and oxygen atoms in total. The van der Waals surface area contributed by atoms with Crippen molar-refractivity contribution >= 4 is 17.2 Å². The molecular weight excluding hydrogens is 398 g/mol. The second kappa shape index (κ2) is 7.32. The highest BCUT2D eigenvalue weighted by Gasteiger charge is 2.40. The van der Waals surface area contributed by atoms with E-state index in [9.17, 15) is 9.59 Å². The third-order valence-electron chi connectivity index (χ3n) is 7.33. The standard InChI is InChI=1S/C23H27N3O3S/c27-22(8-20-2-1-5-30-20)25-9-15-6-17(12-25)21-4-3-16(23(28)26(21)10-15)11-24-13-19-7-18(24)14-29-19/h1-5,15,17-19H,6-14H2/t15-,17+,18+,19+/m0/s1. The van der Waals surface area contributed by atoms with Crippen molar-refractivity contribution < 1.29 is 9.53 Å². The Hall–Kier alpha value is -1.96. The van der Waals surface area contributed by atoms with Crippen LogP contribution in [-0.4, -0.2) is 58.7 Å². The predicted octanol–water partition coefficient (Wildman–Crippen LogP) is 2.07. The third kappa shape index (κ3) is 3.24. The van der Waals surface area contributed by atoms with Gasteiger partial charge < -0.3 is 14.2 Å². The Labute approximate surface area is 180 Å². The number of thiophene rings is 1. The highest BCUT2D eigenvalue weighted by Crippen LogP contribution is 2.36. The fraction of sp³-hybridized carbons (Fsp3) is 0.565. The highest BCUT2D eigenvalue weighted by molar-refractivity contribution is 7.10. The first-order valence-electron chi connectivity index (χ1n) is 11.0. The summed E-state index contributed by atoms with van der Waals surface area (Å²) in [6, 6.07) is 8.68. The number of carbonyl (C=O) groups is 1. The van der Waals surface area contributed by atoms with E-state index in [1.165, 1.54) is 0 Å². The average Bonchev–Trinajstić information content (AvgIpc) is 3.49. The van der Waals surface area contributed by atoms with Gasteiger partial charge in [0.05, 0.1) is 19.1 Å². The first-order valence-corrected chi connectivity index (χ1v) is 11.9. The summed E-state index contributed by atoms with van der Waals surface area (Å²) in [5, 5.41) is 2.02. The summed E-state index contributed by atoms with van der Waals surface area (Å²) in [6.45, 7) is 4.70. The zero-order valence-electron chi connectivity index (χ0n) is 17.0. The first kappa shape index (κ1) is 18.8. The molecule has 0 spiro atoms. The third-order valence-corrected chi connectivity index (χ3v) is 8.20. The van der Waals surface area contributed by atoms with Gasteiger partial charge >= 0.3 is 0 Å². The molecule has 0 aliphatic carbocycles. The van der Waals surface area contributed by atoms with Crippen LogP contribution in [-0.2, 0) is 29.0 Å². The van der Waals surface area contributed by atoms with E-state index in [4.69, 9.17) is 4.74 Å². The summed E-state index contributed by atoms with van der Waals surface area (Å²) in [7, 11) is 0. The number of aromatic nitrogens is 1. The Kier molecular flexibility index (Phi) is 4.58. The Morgan fingerprint density at radius 3 is 2.83 bits per heavy atom. The van der Waals surface area contributed by atoms with Crippen LogP contribution in [0.4, 0.5) is 0 Å². The summed E-state index contributed by atoms with van der Waals surface area (Å²) in [5.74, 6) is 0.848. The molecule has 2 aromatic heterocycles. The number of rotatable bonds is 4. The molecule has 0 N–H and O–H groups in total. The number of nitrogens with zero attached hydrogens (tertiary/aromatic N) is 3. The summed E-state index contributed by atoms with van der Waals surface area (Å²) in [5.41, 5.74) is 2.18. The fourth-order valence-corrected chi connectivity index (χ4v) is 6.58. The van der Waals surface area contributed by atoms with E-state index < -0.39 is 0 Å². The van der Waals surface area contributed by atoms with Crippen molar-refractivity contribution in [3.05, 3.63) is 56.1 Å². The monoisotopic (exact) mass is 425 g/mol. The zero-order valence-corrected chi connectivity index (χ0v) is 17.9. The molecule has 2 aromatic rings. The maximum absolute atomic E-state index is 13.3. The minimum atomic E-state index is 0.171. The smallest absolute Gasteiger partial charge is 0.255 e. The second-order valence-electron chi connectivity index (χ2n) is 9.33. The molecule has 3 fully saturated rings. The predicted molar refractivity (Wildman–Crippen MR) is 115 cm³/mol. The van der Waals surface area contributed by atoms with Gasteiger partial charge in [0, 0.05) is 60.8 Å². The minimum absolute atomic E-state index is 0.171. The number of amides is 1. The van der Waals surface area contributed by atoms with Gasteiger partial charge in [-0.15, -0.1) is 11.3 Å². The van der Waals surface area contributed by atoms with Crippen molar-refractivity contribution in [3.63, 3.8) is 0 Å². The molecule has 30 heavy (non-hydrogen) atoms. The van der Waals surface area contributed by atoms with Gasteiger partial charge in [0.1, 0.15) is 0 Å². The van der Waals surface area contributed by atoms with E-state index in [-0.39, 0.29) is 17.4 Å². The van der Waals surface area contributed by atoms with E-state index in [1.54, 1.807) is 11.3 Å². The Bertz CT molecular complexity index is 1020. The van der Waals surface area contributed by atoms with E-state index in [0.29, 0.717) is 24.5 Å². The van der Waals surface area contributed by atoms with Crippen molar-refractivity contribution in [2.75, 3.05) is 26.2 Å². The molecule has 4 atom stereocenters. The fourth-order valence-electron chi connectivity index (χ4n) is 5.88. The average molecular weight is 426 g/mol. The molecule has 0 aromatic carbocycles. The lowest BCUT2D eigenvalue weighted by molar-refractivity contribution is -0.133. The highest BCUT2D eigenvalue weighted by atomic mass is 32.1. The molecule has 0 radical (unpaired) electrons. The van der Waals surface area contributed by atoms with Gasteiger partial charge in [0.2, 0.25) is 5.91 Å². The van der Waals surface area contributed by atoms with Crippen LogP contribution < -0.4 is 5.56 Å². The Balaban J connectivity index is 1.20. The quantitative estimate of drug-likeness (QED) is 0.753. The number of carbonyl (C=O) groups excluding carboxylic acids is 1. The first-order chi connectivity index (χ1) is 14.6. The summed E-state index contributed by atoms with van der Waals surface area (Å²) in [4.78, 5) is 31.7. The summed E-state index contributed by atoms with van der Waals surface area (Å²) in [6.07, 6.45) is 3.03. The summed E-state index contributed by atoms with van der Waals surface area (Å²) >= 11 is 1.64. The molecule has 4 aliphatic rings. The van der Waals surface area contributed by atoms with Crippen LogP contribution in [0, 0.1) is 5.92 Å². The van der Waals surface area contributed by atoms with Crippen LogP contribution >= 0.6 is 11.3 Å². The molecular formula is C23H27N3O3S. The van der Waals surface area contributed by atoms with E-state index in [2.05, 4.69) is 11.0 Å². The topological polar surface area (TPSA) is 54.8 Å². The molecule has 6 rings (SSSR count). The number of likely N-dealkylation sites (tertiary alicyclic amines) is 2. The number of pyridine rings is 1.